The maximum Gasteiger partial charge on any atom is 0.224 e. The molecule has 0 unspecified atom stereocenters. The highest BCUT2D eigenvalue weighted by atomic mass is 16.5. The average molecular weight is 269 g/mol. The zero-order chi connectivity index (χ0) is 13.9. The van der Waals surface area contributed by atoms with E-state index in [2.05, 4.69) is 9.97 Å². The first-order valence-corrected chi connectivity index (χ1v) is 6.40. The number of aliphatic hydroxyl groups is 1. The first kappa shape index (κ1) is 12.6. The number of ether oxygens (including phenoxy) is 1. The fourth-order valence-corrected chi connectivity index (χ4v) is 2.33. The van der Waals surface area contributed by atoms with Crippen LogP contribution < -0.4 is 4.74 Å². The van der Waals surface area contributed by atoms with E-state index in [0.717, 1.165) is 22.4 Å². The molecule has 2 heterocycles. The number of pyridine rings is 1. The van der Waals surface area contributed by atoms with Crippen LogP contribution in [0.2, 0.25) is 0 Å². The van der Waals surface area contributed by atoms with E-state index < -0.39 is 0 Å². The summed E-state index contributed by atoms with van der Waals surface area (Å²) < 4.78 is 7.28. The zero-order valence-corrected chi connectivity index (χ0v) is 11.2. The molecule has 0 saturated carbocycles. The number of hydrogen-bond acceptors (Lipinski definition) is 4. The lowest BCUT2D eigenvalue weighted by molar-refractivity contribution is 0.278. The van der Waals surface area contributed by atoms with E-state index in [1.54, 1.807) is 13.3 Å². The highest BCUT2D eigenvalue weighted by Gasteiger charge is 2.15. The number of para-hydroxylation sites is 2. The van der Waals surface area contributed by atoms with Gasteiger partial charge in [-0.1, -0.05) is 12.1 Å². The molecule has 0 atom stereocenters. The molecule has 0 aliphatic rings. The van der Waals surface area contributed by atoms with Crippen molar-refractivity contribution in [3.8, 4) is 17.3 Å². The van der Waals surface area contributed by atoms with E-state index in [1.807, 2.05) is 41.0 Å². The van der Waals surface area contributed by atoms with Gasteiger partial charge in [-0.25, -0.2) is 9.97 Å². The molecule has 102 valence electrons. The lowest BCUT2D eigenvalue weighted by Crippen LogP contribution is -2.05. The smallest absolute Gasteiger partial charge is 0.224 e. The third-order valence-electron chi connectivity index (χ3n) is 3.18. The second-order valence-corrected chi connectivity index (χ2v) is 4.36. The summed E-state index contributed by atoms with van der Waals surface area (Å²) >= 11 is 0. The lowest BCUT2D eigenvalue weighted by Gasteiger charge is -2.09. The van der Waals surface area contributed by atoms with E-state index in [4.69, 9.17) is 4.74 Å². The summed E-state index contributed by atoms with van der Waals surface area (Å²) in [5.41, 5.74) is 2.70. The van der Waals surface area contributed by atoms with E-state index >= 15 is 0 Å². The van der Waals surface area contributed by atoms with Crippen molar-refractivity contribution in [3.05, 3.63) is 42.6 Å². The number of benzene rings is 1. The van der Waals surface area contributed by atoms with Gasteiger partial charge in [0.2, 0.25) is 5.88 Å². The molecule has 1 aromatic carbocycles. The van der Waals surface area contributed by atoms with Crippen LogP contribution in [0.3, 0.4) is 0 Å². The number of fused-ring (bicyclic) bond motifs is 1. The molecular weight excluding hydrogens is 254 g/mol. The Kier molecular flexibility index (Phi) is 3.35. The van der Waals surface area contributed by atoms with Crippen molar-refractivity contribution in [2.24, 2.45) is 0 Å². The molecular formula is C15H15N3O2. The first-order valence-electron chi connectivity index (χ1n) is 6.40. The standard InChI is InChI=1S/C15H15N3O2/c1-20-15-11(5-4-8-16-15)14-17-12-6-2-3-7-13(12)18(14)9-10-19/h2-8,19H,9-10H2,1H3. The Labute approximate surface area is 116 Å². The summed E-state index contributed by atoms with van der Waals surface area (Å²) in [7, 11) is 1.59. The van der Waals surface area contributed by atoms with Crippen LogP contribution >= 0.6 is 0 Å². The number of rotatable bonds is 4. The minimum Gasteiger partial charge on any atom is -0.480 e. The number of nitrogens with zero attached hydrogens (tertiary/aromatic N) is 3. The minimum atomic E-state index is 0.0515. The maximum atomic E-state index is 9.30. The first-order chi connectivity index (χ1) is 9.85. The fraction of sp³-hybridized carbons (Fsp3) is 0.200. The van der Waals surface area contributed by atoms with Crippen molar-refractivity contribution < 1.29 is 9.84 Å². The van der Waals surface area contributed by atoms with Gasteiger partial charge in [-0.3, -0.25) is 0 Å². The Morgan fingerprint density at radius 3 is 2.85 bits per heavy atom. The van der Waals surface area contributed by atoms with Crippen LogP contribution in [0.5, 0.6) is 5.88 Å². The van der Waals surface area contributed by atoms with E-state index in [9.17, 15) is 5.11 Å². The van der Waals surface area contributed by atoms with Gasteiger partial charge in [0.1, 0.15) is 5.82 Å². The van der Waals surface area contributed by atoms with Crippen molar-refractivity contribution in [1.82, 2.24) is 14.5 Å². The highest BCUT2D eigenvalue weighted by molar-refractivity contribution is 5.81. The van der Waals surface area contributed by atoms with Gasteiger partial charge in [0, 0.05) is 12.7 Å². The Morgan fingerprint density at radius 1 is 1.20 bits per heavy atom. The number of hydrogen-bond donors (Lipinski definition) is 1. The SMILES string of the molecule is COc1ncccc1-c1nc2ccccc2n1CCO. The average Bonchev–Trinajstić information content (AvgIpc) is 2.86. The van der Waals surface area contributed by atoms with Crippen molar-refractivity contribution in [2.75, 3.05) is 13.7 Å². The quantitative estimate of drug-likeness (QED) is 0.788. The van der Waals surface area contributed by atoms with Crippen LogP contribution in [0, 0.1) is 0 Å². The number of aromatic nitrogens is 3. The molecule has 1 N–H and O–H groups in total. The third-order valence-corrected chi connectivity index (χ3v) is 3.18. The minimum absolute atomic E-state index is 0.0515. The fourth-order valence-electron chi connectivity index (χ4n) is 2.33. The predicted molar refractivity (Wildman–Crippen MR) is 76.6 cm³/mol. The van der Waals surface area contributed by atoms with Gasteiger partial charge < -0.3 is 14.4 Å². The van der Waals surface area contributed by atoms with E-state index in [0.29, 0.717) is 12.4 Å². The Morgan fingerprint density at radius 2 is 2.05 bits per heavy atom. The number of methoxy groups -OCH3 is 1. The van der Waals surface area contributed by atoms with Crippen LogP contribution in [-0.4, -0.2) is 33.4 Å². The topological polar surface area (TPSA) is 60.2 Å². The Bertz CT molecular complexity index is 737. The van der Waals surface area contributed by atoms with Crippen LogP contribution in [0.4, 0.5) is 0 Å². The van der Waals surface area contributed by atoms with Gasteiger partial charge in [-0.05, 0) is 24.3 Å². The zero-order valence-electron chi connectivity index (χ0n) is 11.2. The molecule has 0 amide bonds. The van der Waals surface area contributed by atoms with Gasteiger partial charge >= 0.3 is 0 Å². The summed E-state index contributed by atoms with van der Waals surface area (Å²) in [6.45, 7) is 0.532. The van der Waals surface area contributed by atoms with Crippen LogP contribution in [0.1, 0.15) is 0 Å². The van der Waals surface area contributed by atoms with Gasteiger partial charge in [0.15, 0.2) is 0 Å². The molecule has 2 aromatic heterocycles. The molecule has 0 spiro atoms. The number of imidazole rings is 1. The molecule has 3 rings (SSSR count). The van der Waals surface area contributed by atoms with Crippen molar-refractivity contribution >= 4 is 11.0 Å². The molecule has 5 heteroatoms. The highest BCUT2D eigenvalue weighted by Crippen LogP contribution is 2.29. The molecule has 0 saturated heterocycles. The largest absolute Gasteiger partial charge is 0.480 e. The van der Waals surface area contributed by atoms with Gasteiger partial charge in [0.25, 0.3) is 0 Å². The van der Waals surface area contributed by atoms with Crippen molar-refractivity contribution in [3.63, 3.8) is 0 Å². The Hall–Kier alpha value is -2.40. The number of aliphatic hydroxyl groups excluding tert-OH is 1. The second-order valence-electron chi connectivity index (χ2n) is 4.36. The maximum absolute atomic E-state index is 9.30. The third kappa shape index (κ3) is 2.02. The molecule has 0 radical (unpaired) electrons. The monoisotopic (exact) mass is 269 g/mol. The normalized spacial score (nSPS) is 10.9. The van der Waals surface area contributed by atoms with Gasteiger partial charge in [0.05, 0.1) is 30.3 Å². The van der Waals surface area contributed by atoms with Crippen LogP contribution in [0.25, 0.3) is 22.4 Å². The molecule has 3 aromatic rings. The predicted octanol–water partition coefficient (Wildman–Crippen LogP) is 2.10. The molecule has 5 nitrogen and oxygen atoms in total. The molecule has 20 heavy (non-hydrogen) atoms. The molecule has 0 bridgehead atoms. The van der Waals surface area contributed by atoms with Crippen LogP contribution in [-0.2, 0) is 6.54 Å². The van der Waals surface area contributed by atoms with Crippen LogP contribution in [0.15, 0.2) is 42.6 Å². The molecule has 0 aliphatic carbocycles. The summed E-state index contributed by atoms with van der Waals surface area (Å²) in [6, 6.07) is 11.6. The summed E-state index contributed by atoms with van der Waals surface area (Å²) in [5, 5.41) is 9.30. The van der Waals surface area contributed by atoms with E-state index in [-0.39, 0.29) is 6.61 Å². The summed E-state index contributed by atoms with van der Waals surface area (Å²) in [4.78, 5) is 8.85. The van der Waals surface area contributed by atoms with Gasteiger partial charge in [-0.15, -0.1) is 0 Å². The molecule has 0 fully saturated rings. The lowest BCUT2D eigenvalue weighted by atomic mass is 10.2. The summed E-state index contributed by atoms with van der Waals surface area (Å²) in [5.74, 6) is 1.28. The second kappa shape index (κ2) is 5.30. The van der Waals surface area contributed by atoms with Gasteiger partial charge in [-0.2, -0.15) is 0 Å². The van der Waals surface area contributed by atoms with Crippen molar-refractivity contribution in [1.29, 1.82) is 0 Å². The summed E-state index contributed by atoms with van der Waals surface area (Å²) in [6.07, 6.45) is 1.68. The van der Waals surface area contributed by atoms with E-state index in [1.165, 1.54) is 0 Å². The molecule has 0 aliphatic heterocycles. The Balaban J connectivity index is 2.27. The van der Waals surface area contributed by atoms with Crippen molar-refractivity contribution in [2.45, 2.75) is 6.54 Å².